The average molecular weight is 271 g/mol. The minimum Gasteiger partial charge on any atom is -0.465 e. The van der Waals surface area contributed by atoms with Gasteiger partial charge in [-0.15, -0.1) is 0 Å². The van der Waals surface area contributed by atoms with Gasteiger partial charge in [0.05, 0.1) is 6.61 Å². The zero-order valence-electron chi connectivity index (χ0n) is 11.9. The predicted octanol–water partition coefficient (Wildman–Crippen LogP) is 2.46. The van der Waals surface area contributed by atoms with E-state index in [0.29, 0.717) is 12.5 Å². The number of ether oxygens (including phenoxy) is 1. The van der Waals surface area contributed by atoms with E-state index in [-0.39, 0.29) is 12.4 Å². The third-order valence-corrected chi connectivity index (χ3v) is 3.49. The van der Waals surface area contributed by atoms with Gasteiger partial charge in [0.2, 0.25) is 0 Å². The number of benzene rings is 1. The van der Waals surface area contributed by atoms with Crippen molar-refractivity contribution in [3.05, 3.63) is 35.4 Å². The third kappa shape index (κ3) is 4.40. The lowest BCUT2D eigenvalue weighted by atomic mass is 9.90. The molecule has 0 radical (unpaired) electrons. The molecule has 0 spiro atoms. The lowest BCUT2D eigenvalue weighted by molar-refractivity contribution is -0.141. The zero-order valence-corrected chi connectivity index (χ0v) is 11.9. The molecule has 1 saturated heterocycles. The molecular formula is C17H21NO2. The first-order valence-electron chi connectivity index (χ1n) is 7.24. The van der Waals surface area contributed by atoms with Gasteiger partial charge in [0.25, 0.3) is 0 Å². The SMILES string of the molecule is CCOC(=O)CC#Cc1ccc(C2CCNCC2)cc1. The first-order valence-corrected chi connectivity index (χ1v) is 7.24. The first-order chi connectivity index (χ1) is 9.79. The van der Waals surface area contributed by atoms with E-state index in [1.165, 1.54) is 18.4 Å². The molecule has 1 aliphatic rings. The van der Waals surface area contributed by atoms with E-state index in [0.717, 1.165) is 18.7 Å². The van der Waals surface area contributed by atoms with E-state index in [2.05, 4.69) is 29.3 Å². The maximum Gasteiger partial charge on any atom is 0.317 e. The molecule has 1 aromatic rings. The Morgan fingerprint density at radius 3 is 2.65 bits per heavy atom. The Kier molecular flexibility index (Phi) is 5.64. The molecular weight excluding hydrogens is 250 g/mol. The second kappa shape index (κ2) is 7.72. The number of piperidine rings is 1. The molecule has 3 nitrogen and oxygen atoms in total. The van der Waals surface area contributed by atoms with Crippen LogP contribution in [0.15, 0.2) is 24.3 Å². The van der Waals surface area contributed by atoms with Gasteiger partial charge >= 0.3 is 5.97 Å². The van der Waals surface area contributed by atoms with Crippen molar-refractivity contribution in [1.29, 1.82) is 0 Å². The number of nitrogens with one attached hydrogen (secondary N) is 1. The summed E-state index contributed by atoms with van der Waals surface area (Å²) in [7, 11) is 0. The molecule has 0 amide bonds. The molecule has 3 heteroatoms. The fourth-order valence-electron chi connectivity index (χ4n) is 2.42. The van der Waals surface area contributed by atoms with Crippen LogP contribution in [-0.4, -0.2) is 25.7 Å². The lowest BCUT2D eigenvalue weighted by Gasteiger charge is -2.22. The Labute approximate surface area is 120 Å². The van der Waals surface area contributed by atoms with Gasteiger partial charge in [-0.05, 0) is 56.5 Å². The van der Waals surface area contributed by atoms with Gasteiger partial charge in [0.15, 0.2) is 0 Å². The molecule has 0 aliphatic carbocycles. The van der Waals surface area contributed by atoms with Gasteiger partial charge in [0, 0.05) is 5.56 Å². The van der Waals surface area contributed by atoms with Crippen molar-refractivity contribution in [3.63, 3.8) is 0 Å². The summed E-state index contributed by atoms with van der Waals surface area (Å²) in [5.74, 6) is 6.26. The van der Waals surface area contributed by atoms with Gasteiger partial charge in [-0.1, -0.05) is 24.0 Å². The minimum atomic E-state index is -0.258. The first kappa shape index (κ1) is 14.6. The van der Waals surface area contributed by atoms with E-state index < -0.39 is 0 Å². The van der Waals surface area contributed by atoms with Crippen molar-refractivity contribution < 1.29 is 9.53 Å². The smallest absolute Gasteiger partial charge is 0.317 e. The molecule has 0 saturated carbocycles. The van der Waals surface area contributed by atoms with Crippen LogP contribution >= 0.6 is 0 Å². The second-order valence-electron chi connectivity index (χ2n) is 4.93. The zero-order chi connectivity index (χ0) is 14.2. The molecule has 1 aromatic carbocycles. The summed E-state index contributed by atoms with van der Waals surface area (Å²) in [6.45, 7) is 4.41. The van der Waals surface area contributed by atoms with E-state index in [1.54, 1.807) is 6.92 Å². The number of hydrogen-bond acceptors (Lipinski definition) is 3. The van der Waals surface area contributed by atoms with Gasteiger partial charge in [-0.3, -0.25) is 4.79 Å². The van der Waals surface area contributed by atoms with Crippen LogP contribution in [0, 0.1) is 11.8 Å². The standard InChI is InChI=1S/C17H21NO2/c1-2-20-17(19)5-3-4-14-6-8-15(9-7-14)16-10-12-18-13-11-16/h6-9,16,18H,2,5,10-13H2,1H3. The summed E-state index contributed by atoms with van der Waals surface area (Å²) in [6.07, 6.45) is 2.56. The Balaban J connectivity index is 1.91. The van der Waals surface area contributed by atoms with Gasteiger partial charge in [-0.2, -0.15) is 0 Å². The number of carbonyl (C=O) groups is 1. The number of carbonyl (C=O) groups excluding carboxylic acids is 1. The number of hydrogen-bond donors (Lipinski definition) is 1. The fourth-order valence-corrected chi connectivity index (χ4v) is 2.42. The molecule has 0 atom stereocenters. The van der Waals surface area contributed by atoms with Crippen LogP contribution in [0.1, 0.15) is 43.2 Å². The van der Waals surface area contributed by atoms with Crippen molar-refractivity contribution in [2.75, 3.05) is 19.7 Å². The van der Waals surface area contributed by atoms with E-state index in [4.69, 9.17) is 4.74 Å². The largest absolute Gasteiger partial charge is 0.465 e. The van der Waals surface area contributed by atoms with E-state index >= 15 is 0 Å². The van der Waals surface area contributed by atoms with Crippen LogP contribution in [0.2, 0.25) is 0 Å². The van der Waals surface area contributed by atoms with E-state index in [1.807, 2.05) is 12.1 Å². The van der Waals surface area contributed by atoms with Crippen LogP contribution < -0.4 is 5.32 Å². The maximum absolute atomic E-state index is 11.2. The molecule has 2 rings (SSSR count). The lowest BCUT2D eigenvalue weighted by Crippen LogP contribution is -2.26. The summed E-state index contributed by atoms with van der Waals surface area (Å²) < 4.78 is 4.83. The number of esters is 1. The number of rotatable bonds is 3. The summed E-state index contributed by atoms with van der Waals surface area (Å²) >= 11 is 0. The van der Waals surface area contributed by atoms with Crippen LogP contribution in [0.4, 0.5) is 0 Å². The van der Waals surface area contributed by atoms with Crippen molar-refractivity contribution in [2.45, 2.75) is 32.1 Å². The van der Waals surface area contributed by atoms with Crippen molar-refractivity contribution in [3.8, 4) is 11.8 Å². The molecule has 1 aliphatic heterocycles. The summed E-state index contributed by atoms with van der Waals surface area (Å²) in [6, 6.07) is 8.39. The van der Waals surface area contributed by atoms with Crippen molar-refractivity contribution in [1.82, 2.24) is 5.32 Å². The van der Waals surface area contributed by atoms with Gasteiger partial charge in [0.1, 0.15) is 6.42 Å². The molecule has 0 aromatic heterocycles. The van der Waals surface area contributed by atoms with Crippen LogP contribution in [0.5, 0.6) is 0 Å². The highest BCUT2D eigenvalue weighted by Crippen LogP contribution is 2.24. The topological polar surface area (TPSA) is 38.3 Å². The Bertz CT molecular complexity index is 490. The molecule has 1 fully saturated rings. The van der Waals surface area contributed by atoms with Crippen LogP contribution in [-0.2, 0) is 9.53 Å². The summed E-state index contributed by atoms with van der Waals surface area (Å²) in [5.41, 5.74) is 2.34. The predicted molar refractivity (Wildman–Crippen MR) is 79.4 cm³/mol. The average Bonchev–Trinajstić information content (AvgIpc) is 2.49. The molecule has 1 N–H and O–H groups in total. The summed E-state index contributed by atoms with van der Waals surface area (Å²) in [4.78, 5) is 11.2. The molecule has 0 bridgehead atoms. The highest BCUT2D eigenvalue weighted by Gasteiger charge is 2.14. The van der Waals surface area contributed by atoms with Gasteiger partial charge in [-0.25, -0.2) is 0 Å². The Morgan fingerprint density at radius 1 is 1.30 bits per heavy atom. The van der Waals surface area contributed by atoms with Crippen molar-refractivity contribution >= 4 is 5.97 Å². The van der Waals surface area contributed by atoms with Gasteiger partial charge < -0.3 is 10.1 Å². The van der Waals surface area contributed by atoms with Crippen LogP contribution in [0.3, 0.4) is 0 Å². The minimum absolute atomic E-state index is 0.157. The monoisotopic (exact) mass is 271 g/mol. The molecule has 106 valence electrons. The normalized spacial score (nSPS) is 15.2. The van der Waals surface area contributed by atoms with Crippen LogP contribution in [0.25, 0.3) is 0 Å². The Hall–Kier alpha value is -1.79. The highest BCUT2D eigenvalue weighted by molar-refractivity contribution is 5.72. The van der Waals surface area contributed by atoms with Crippen molar-refractivity contribution in [2.24, 2.45) is 0 Å². The molecule has 0 unspecified atom stereocenters. The third-order valence-electron chi connectivity index (χ3n) is 3.49. The summed E-state index contributed by atoms with van der Waals surface area (Å²) in [5, 5.41) is 3.38. The van der Waals surface area contributed by atoms with E-state index in [9.17, 15) is 4.79 Å². The Morgan fingerprint density at radius 2 is 2.00 bits per heavy atom. The quantitative estimate of drug-likeness (QED) is 0.678. The molecule has 1 heterocycles. The maximum atomic E-state index is 11.2. The fraction of sp³-hybridized carbons (Fsp3) is 0.471. The molecule has 20 heavy (non-hydrogen) atoms. The second-order valence-corrected chi connectivity index (χ2v) is 4.93. The highest BCUT2D eigenvalue weighted by atomic mass is 16.5.